The Balaban J connectivity index is 2.76. The fraction of sp³-hybridized carbons (Fsp3) is 0.737. The summed E-state index contributed by atoms with van der Waals surface area (Å²) in [5.41, 5.74) is 0.840. The lowest BCUT2D eigenvalue weighted by Gasteiger charge is -2.30. The number of esters is 1. The van der Waals surface area contributed by atoms with Crippen LogP contribution in [0.5, 0.6) is 0 Å². The van der Waals surface area contributed by atoms with Gasteiger partial charge in [0.05, 0.1) is 5.41 Å². The maximum Gasteiger partial charge on any atom is 0.312 e. The molecule has 21 heavy (non-hydrogen) atoms. The Labute approximate surface area is 130 Å². The summed E-state index contributed by atoms with van der Waals surface area (Å²) in [4.78, 5) is 12.0. The van der Waals surface area contributed by atoms with Crippen molar-refractivity contribution in [1.29, 1.82) is 0 Å². The number of hydrogen-bond acceptors (Lipinski definition) is 2. The van der Waals surface area contributed by atoms with Crippen LogP contribution >= 0.6 is 0 Å². The van der Waals surface area contributed by atoms with E-state index < -0.39 is 11.5 Å². The van der Waals surface area contributed by atoms with Crippen LogP contribution in [0.1, 0.15) is 60.8 Å². The van der Waals surface area contributed by atoms with Gasteiger partial charge >= 0.3 is 5.97 Å². The van der Waals surface area contributed by atoms with Crippen LogP contribution in [-0.2, 0) is 9.53 Å². The molecular formula is C19H30O2. The summed E-state index contributed by atoms with van der Waals surface area (Å²) >= 11 is 0. The normalized spacial score (nSPS) is 24.2. The fourth-order valence-corrected chi connectivity index (χ4v) is 2.60. The van der Waals surface area contributed by atoms with Crippen LogP contribution in [0.2, 0.25) is 0 Å². The number of carbonyl (C=O) groups excluding carboxylic acids is 1. The second-order valence-electron chi connectivity index (χ2n) is 7.64. The molecule has 2 heteroatoms. The second kappa shape index (κ2) is 7.16. The minimum atomic E-state index is -0.512. The molecule has 1 aliphatic carbocycles. The van der Waals surface area contributed by atoms with E-state index in [9.17, 15) is 4.79 Å². The molecule has 1 aliphatic rings. The molecule has 0 radical (unpaired) electrons. The van der Waals surface area contributed by atoms with Crippen molar-refractivity contribution in [3.63, 3.8) is 0 Å². The lowest BCUT2D eigenvalue weighted by Crippen LogP contribution is -2.29. The highest BCUT2D eigenvalue weighted by atomic mass is 16.5. The highest BCUT2D eigenvalue weighted by molar-refractivity contribution is 5.75. The third-order valence-corrected chi connectivity index (χ3v) is 4.32. The topological polar surface area (TPSA) is 26.3 Å². The van der Waals surface area contributed by atoms with Gasteiger partial charge in [-0.2, -0.15) is 0 Å². The van der Waals surface area contributed by atoms with Crippen LogP contribution in [-0.4, -0.2) is 12.1 Å². The first-order valence-corrected chi connectivity index (χ1v) is 8.03. The number of carbonyl (C=O) groups is 1. The van der Waals surface area contributed by atoms with Gasteiger partial charge in [0.2, 0.25) is 0 Å². The number of rotatable bonds is 4. The molecule has 0 saturated carbocycles. The highest BCUT2D eigenvalue weighted by Gasteiger charge is 2.28. The van der Waals surface area contributed by atoms with Gasteiger partial charge in [0, 0.05) is 6.42 Å². The molecule has 0 bridgehead atoms. The molecule has 0 amide bonds. The van der Waals surface area contributed by atoms with Gasteiger partial charge in [-0.1, -0.05) is 38.3 Å². The largest absolute Gasteiger partial charge is 0.448 e. The quantitative estimate of drug-likeness (QED) is 0.430. The van der Waals surface area contributed by atoms with Crippen molar-refractivity contribution in [2.24, 2.45) is 23.2 Å². The van der Waals surface area contributed by atoms with Crippen LogP contribution < -0.4 is 0 Å². The van der Waals surface area contributed by atoms with Crippen molar-refractivity contribution in [3.05, 3.63) is 11.6 Å². The Morgan fingerprint density at radius 2 is 2.05 bits per heavy atom. The molecule has 0 aliphatic heterocycles. The molecule has 118 valence electrons. The smallest absolute Gasteiger partial charge is 0.312 e. The van der Waals surface area contributed by atoms with Gasteiger partial charge in [0.1, 0.15) is 0 Å². The molecule has 0 N–H and O–H groups in total. The minimum absolute atomic E-state index is 0.227. The lowest BCUT2D eigenvalue weighted by molar-refractivity contribution is -0.155. The summed E-state index contributed by atoms with van der Waals surface area (Å²) in [6.45, 7) is 12.3. The summed E-state index contributed by atoms with van der Waals surface area (Å²) in [5.74, 6) is 4.20. The standard InChI is InChI=1S/C19H30O2/c1-8-17(21-18(20)19(5,6)7)12-16-11-15(13(2)3)10-9-14(16)4/h1,11,13-15,17H,9-10,12H2,2-7H3/t14-,15-,17+/m1/s1. The predicted molar refractivity (Wildman–Crippen MR) is 87.6 cm³/mol. The Hall–Kier alpha value is -1.23. The summed E-state index contributed by atoms with van der Waals surface area (Å²) < 4.78 is 5.50. The van der Waals surface area contributed by atoms with Gasteiger partial charge < -0.3 is 4.74 Å². The zero-order chi connectivity index (χ0) is 16.2. The van der Waals surface area contributed by atoms with Gasteiger partial charge in [-0.25, -0.2) is 0 Å². The Bertz CT molecular complexity index is 431. The first-order chi connectivity index (χ1) is 9.65. The minimum Gasteiger partial charge on any atom is -0.448 e. The van der Waals surface area contributed by atoms with E-state index in [2.05, 4.69) is 32.8 Å². The molecule has 0 aromatic carbocycles. The molecule has 3 atom stereocenters. The summed E-state index contributed by atoms with van der Waals surface area (Å²) in [6.07, 6.45) is 10.6. The van der Waals surface area contributed by atoms with Gasteiger partial charge in [-0.05, 0) is 51.4 Å². The number of hydrogen-bond donors (Lipinski definition) is 0. The molecule has 0 saturated heterocycles. The summed E-state index contributed by atoms with van der Waals surface area (Å²) in [7, 11) is 0. The van der Waals surface area contributed by atoms with Crippen molar-refractivity contribution in [2.45, 2.75) is 66.9 Å². The van der Waals surface area contributed by atoms with E-state index in [0.717, 1.165) is 0 Å². The Kier molecular flexibility index (Phi) is 6.08. The molecule has 0 aromatic heterocycles. The second-order valence-corrected chi connectivity index (χ2v) is 7.64. The van der Waals surface area contributed by atoms with Crippen LogP contribution in [0.3, 0.4) is 0 Å². The van der Waals surface area contributed by atoms with Gasteiger partial charge in [0.15, 0.2) is 6.10 Å². The van der Waals surface area contributed by atoms with Crippen LogP contribution in [0.4, 0.5) is 0 Å². The van der Waals surface area contributed by atoms with Gasteiger partial charge in [-0.15, -0.1) is 6.42 Å². The third kappa shape index (κ3) is 5.23. The zero-order valence-corrected chi connectivity index (χ0v) is 14.4. The van der Waals surface area contributed by atoms with E-state index >= 15 is 0 Å². The summed E-state index contributed by atoms with van der Waals surface area (Å²) in [5, 5.41) is 0. The SMILES string of the molecule is C#C[C@@H](CC1=C[C@H](C(C)C)CC[C@H]1C)OC(=O)C(C)(C)C. The van der Waals surface area contributed by atoms with Crippen molar-refractivity contribution >= 4 is 5.97 Å². The zero-order valence-electron chi connectivity index (χ0n) is 14.4. The fourth-order valence-electron chi connectivity index (χ4n) is 2.60. The first kappa shape index (κ1) is 17.8. The number of ether oxygens (including phenoxy) is 1. The van der Waals surface area contributed by atoms with Crippen molar-refractivity contribution in [3.8, 4) is 12.3 Å². The lowest BCUT2D eigenvalue weighted by atomic mass is 9.77. The van der Waals surface area contributed by atoms with E-state index in [-0.39, 0.29) is 5.97 Å². The molecule has 2 nitrogen and oxygen atoms in total. The average molecular weight is 290 g/mol. The molecule has 0 aromatic rings. The van der Waals surface area contributed by atoms with E-state index in [1.54, 1.807) is 0 Å². The van der Waals surface area contributed by atoms with Crippen LogP contribution in [0.25, 0.3) is 0 Å². The van der Waals surface area contributed by atoms with Crippen molar-refractivity contribution < 1.29 is 9.53 Å². The van der Waals surface area contributed by atoms with Crippen molar-refractivity contribution in [2.75, 3.05) is 0 Å². The molecule has 1 rings (SSSR count). The predicted octanol–water partition coefficient (Wildman–Crippen LogP) is 4.60. The molecule has 0 heterocycles. The van der Waals surface area contributed by atoms with Crippen LogP contribution in [0, 0.1) is 35.5 Å². The maximum absolute atomic E-state index is 12.0. The molecular weight excluding hydrogens is 260 g/mol. The average Bonchev–Trinajstić information content (AvgIpc) is 2.38. The van der Waals surface area contributed by atoms with Crippen LogP contribution in [0.15, 0.2) is 11.6 Å². The molecule has 0 unspecified atom stereocenters. The monoisotopic (exact) mass is 290 g/mol. The first-order valence-electron chi connectivity index (χ1n) is 8.03. The van der Waals surface area contributed by atoms with Gasteiger partial charge in [-0.3, -0.25) is 4.79 Å². The van der Waals surface area contributed by atoms with E-state index in [1.165, 1.54) is 18.4 Å². The van der Waals surface area contributed by atoms with E-state index in [0.29, 0.717) is 24.2 Å². The van der Waals surface area contributed by atoms with Crippen molar-refractivity contribution in [1.82, 2.24) is 0 Å². The Morgan fingerprint density at radius 1 is 1.43 bits per heavy atom. The Morgan fingerprint density at radius 3 is 2.52 bits per heavy atom. The van der Waals surface area contributed by atoms with Gasteiger partial charge in [0.25, 0.3) is 0 Å². The highest BCUT2D eigenvalue weighted by Crippen LogP contribution is 2.34. The number of allylic oxidation sites excluding steroid dienone is 1. The van der Waals surface area contributed by atoms with E-state index in [1.807, 2.05) is 20.8 Å². The van der Waals surface area contributed by atoms with E-state index in [4.69, 9.17) is 11.2 Å². The third-order valence-electron chi connectivity index (χ3n) is 4.32. The number of terminal acetylenes is 1. The molecule has 0 spiro atoms. The summed E-state index contributed by atoms with van der Waals surface area (Å²) in [6, 6.07) is 0. The molecule has 0 fully saturated rings. The maximum atomic E-state index is 12.0.